The second-order valence-electron chi connectivity index (χ2n) is 8.13. The highest BCUT2D eigenvalue weighted by atomic mass is 19.1. The molecule has 0 saturated heterocycles. The highest BCUT2D eigenvalue weighted by Crippen LogP contribution is 2.46. The van der Waals surface area contributed by atoms with Crippen LogP contribution in [0.5, 0.6) is 0 Å². The van der Waals surface area contributed by atoms with Gasteiger partial charge in [-0.15, -0.1) is 0 Å². The summed E-state index contributed by atoms with van der Waals surface area (Å²) in [6.07, 6.45) is 3.26. The molecule has 0 heterocycles. The third-order valence-corrected chi connectivity index (χ3v) is 4.47. The Morgan fingerprint density at radius 3 is 2.00 bits per heavy atom. The Balaban J connectivity index is 2.14. The maximum atomic E-state index is 13.9. The highest BCUT2D eigenvalue weighted by Gasteiger charge is 2.38. The van der Waals surface area contributed by atoms with Crippen molar-refractivity contribution in [2.75, 3.05) is 0 Å². The first kappa shape index (κ1) is 16.4. The quantitative estimate of drug-likeness (QED) is 0.806. The third kappa shape index (κ3) is 4.03. The number of halogens is 2. The van der Waals surface area contributed by atoms with Gasteiger partial charge >= 0.3 is 0 Å². The van der Waals surface area contributed by atoms with Crippen molar-refractivity contribution >= 4 is 0 Å². The zero-order chi connectivity index (χ0) is 15.8. The third-order valence-electron chi connectivity index (χ3n) is 4.47. The Morgan fingerprint density at radius 2 is 1.52 bits per heavy atom. The highest BCUT2D eigenvalue weighted by molar-refractivity contribution is 5.23. The molecule has 2 rings (SSSR count). The largest absolute Gasteiger partial charge is 0.307 e. The van der Waals surface area contributed by atoms with Crippen LogP contribution in [0.25, 0.3) is 0 Å². The van der Waals surface area contributed by atoms with E-state index in [2.05, 4.69) is 33.0 Å². The Bertz CT molecular complexity index is 472. The molecule has 0 radical (unpaired) electrons. The lowest BCUT2D eigenvalue weighted by Crippen LogP contribution is -2.44. The van der Waals surface area contributed by atoms with Crippen molar-refractivity contribution in [2.45, 2.75) is 66.0 Å². The maximum Gasteiger partial charge on any atom is 0.130 e. The van der Waals surface area contributed by atoms with Gasteiger partial charge in [-0.25, -0.2) is 8.78 Å². The van der Waals surface area contributed by atoms with E-state index in [1.807, 2.05) is 6.92 Å². The van der Waals surface area contributed by atoms with Gasteiger partial charge in [0.25, 0.3) is 0 Å². The Morgan fingerprint density at radius 1 is 1.05 bits per heavy atom. The van der Waals surface area contributed by atoms with E-state index in [0.29, 0.717) is 0 Å². The van der Waals surface area contributed by atoms with Crippen molar-refractivity contribution in [3.8, 4) is 0 Å². The molecule has 1 fully saturated rings. The van der Waals surface area contributed by atoms with Crippen LogP contribution < -0.4 is 5.32 Å². The van der Waals surface area contributed by atoms with Gasteiger partial charge in [0, 0.05) is 17.6 Å². The minimum absolute atomic E-state index is 0.152. The van der Waals surface area contributed by atoms with Crippen LogP contribution >= 0.6 is 0 Å². The molecule has 1 aliphatic carbocycles. The number of hydrogen-bond donors (Lipinski definition) is 1. The summed E-state index contributed by atoms with van der Waals surface area (Å²) in [5.41, 5.74) is 0.665. The van der Waals surface area contributed by atoms with Gasteiger partial charge in [0.05, 0.1) is 0 Å². The minimum atomic E-state index is -0.468. The first-order valence-electron chi connectivity index (χ1n) is 7.80. The molecule has 21 heavy (non-hydrogen) atoms. The molecule has 0 bridgehead atoms. The van der Waals surface area contributed by atoms with Crippen LogP contribution in [0.3, 0.4) is 0 Å². The molecular formula is C18H27F2N. The molecule has 0 amide bonds. The first-order chi connectivity index (χ1) is 9.60. The molecule has 1 aliphatic rings. The standard InChI is InChI=1S/C18H27F2N/c1-12(16-14(19)7-6-8-15(16)20)21-13-9-17(2,3)11-18(4,5)10-13/h6-8,12-13,21H,9-11H2,1-5H3. The van der Waals surface area contributed by atoms with Gasteiger partial charge < -0.3 is 5.32 Å². The Labute approximate surface area is 127 Å². The van der Waals surface area contributed by atoms with Crippen LogP contribution in [0, 0.1) is 22.5 Å². The lowest BCUT2D eigenvalue weighted by atomic mass is 9.63. The molecule has 118 valence electrons. The molecule has 1 nitrogen and oxygen atoms in total. The number of nitrogens with one attached hydrogen (secondary N) is 1. The van der Waals surface area contributed by atoms with Crippen molar-refractivity contribution < 1.29 is 8.78 Å². The summed E-state index contributed by atoms with van der Waals surface area (Å²) in [6.45, 7) is 10.9. The molecule has 3 heteroatoms. The van der Waals surface area contributed by atoms with Crippen LogP contribution in [-0.2, 0) is 0 Å². The summed E-state index contributed by atoms with van der Waals surface area (Å²) >= 11 is 0. The fourth-order valence-electron chi connectivity index (χ4n) is 4.33. The monoisotopic (exact) mass is 295 g/mol. The molecule has 1 aromatic rings. The van der Waals surface area contributed by atoms with Crippen LogP contribution in [-0.4, -0.2) is 6.04 Å². The van der Waals surface area contributed by atoms with E-state index in [9.17, 15) is 8.78 Å². The SMILES string of the molecule is CC(NC1CC(C)(C)CC(C)(C)C1)c1c(F)cccc1F. The summed E-state index contributed by atoms with van der Waals surface area (Å²) in [7, 11) is 0. The zero-order valence-corrected chi connectivity index (χ0v) is 13.8. The number of benzene rings is 1. The van der Waals surface area contributed by atoms with Crippen molar-refractivity contribution in [3.63, 3.8) is 0 Å². The van der Waals surface area contributed by atoms with Crippen LogP contribution in [0.15, 0.2) is 18.2 Å². The van der Waals surface area contributed by atoms with Gasteiger partial charge in [-0.3, -0.25) is 0 Å². The van der Waals surface area contributed by atoms with Crippen LogP contribution in [0.2, 0.25) is 0 Å². The van der Waals surface area contributed by atoms with Gasteiger partial charge in [0.1, 0.15) is 11.6 Å². The Kier molecular flexibility index (Phi) is 4.44. The van der Waals surface area contributed by atoms with Gasteiger partial charge in [-0.1, -0.05) is 33.8 Å². The topological polar surface area (TPSA) is 12.0 Å². The van der Waals surface area contributed by atoms with E-state index in [-0.39, 0.29) is 28.5 Å². The van der Waals surface area contributed by atoms with Crippen molar-refractivity contribution in [1.82, 2.24) is 5.32 Å². The molecule has 1 atom stereocenters. The van der Waals surface area contributed by atoms with E-state index in [1.54, 1.807) is 0 Å². The average Bonchev–Trinajstić information content (AvgIpc) is 2.23. The lowest BCUT2D eigenvalue weighted by molar-refractivity contribution is 0.0807. The Hall–Kier alpha value is -0.960. The summed E-state index contributed by atoms with van der Waals surface area (Å²) in [5.74, 6) is -0.936. The summed E-state index contributed by atoms with van der Waals surface area (Å²) < 4.78 is 27.8. The summed E-state index contributed by atoms with van der Waals surface area (Å²) in [5, 5.41) is 3.45. The first-order valence-corrected chi connectivity index (χ1v) is 7.80. The second kappa shape index (κ2) is 5.68. The molecular weight excluding hydrogens is 268 g/mol. The van der Waals surface area contributed by atoms with E-state index in [4.69, 9.17) is 0 Å². The molecule has 0 aliphatic heterocycles. The zero-order valence-electron chi connectivity index (χ0n) is 13.8. The van der Waals surface area contributed by atoms with Crippen molar-refractivity contribution in [1.29, 1.82) is 0 Å². The molecule has 0 aromatic heterocycles. The van der Waals surface area contributed by atoms with Gasteiger partial charge in [0.2, 0.25) is 0 Å². The van der Waals surface area contributed by atoms with Gasteiger partial charge in [-0.2, -0.15) is 0 Å². The van der Waals surface area contributed by atoms with E-state index in [0.717, 1.165) is 12.8 Å². The fraction of sp³-hybridized carbons (Fsp3) is 0.667. The average molecular weight is 295 g/mol. The molecule has 0 spiro atoms. The minimum Gasteiger partial charge on any atom is -0.307 e. The molecule has 1 aromatic carbocycles. The smallest absolute Gasteiger partial charge is 0.130 e. The summed E-state index contributed by atoms with van der Waals surface area (Å²) in [6, 6.07) is 4.03. The van der Waals surface area contributed by atoms with E-state index < -0.39 is 11.6 Å². The molecule has 1 unspecified atom stereocenters. The van der Waals surface area contributed by atoms with E-state index >= 15 is 0 Å². The lowest BCUT2D eigenvalue weighted by Gasteiger charge is -2.46. The fourth-order valence-corrected chi connectivity index (χ4v) is 4.33. The second-order valence-corrected chi connectivity index (χ2v) is 8.13. The predicted molar refractivity (Wildman–Crippen MR) is 83.1 cm³/mol. The van der Waals surface area contributed by atoms with Crippen molar-refractivity contribution in [3.05, 3.63) is 35.4 Å². The van der Waals surface area contributed by atoms with E-state index in [1.165, 1.54) is 24.6 Å². The number of rotatable bonds is 3. The van der Waals surface area contributed by atoms with Crippen LogP contribution in [0.1, 0.15) is 65.5 Å². The van der Waals surface area contributed by atoms with Gasteiger partial charge in [-0.05, 0) is 49.1 Å². The van der Waals surface area contributed by atoms with Crippen LogP contribution in [0.4, 0.5) is 8.78 Å². The van der Waals surface area contributed by atoms with Crippen molar-refractivity contribution in [2.24, 2.45) is 10.8 Å². The van der Waals surface area contributed by atoms with Gasteiger partial charge in [0.15, 0.2) is 0 Å². The molecule has 1 N–H and O–H groups in total. The predicted octanol–water partition coefficient (Wildman–Crippen LogP) is 5.22. The maximum absolute atomic E-state index is 13.9. The normalized spacial score (nSPS) is 23.0. The summed E-state index contributed by atoms with van der Waals surface area (Å²) in [4.78, 5) is 0. The number of hydrogen-bond acceptors (Lipinski definition) is 1. The molecule has 1 saturated carbocycles.